The van der Waals surface area contributed by atoms with E-state index in [0.717, 1.165) is 17.1 Å². The Morgan fingerprint density at radius 2 is 0.885 bits per heavy atom. The van der Waals surface area contributed by atoms with Gasteiger partial charge in [0.1, 0.15) is 0 Å². The minimum absolute atomic E-state index is 1.11. The van der Waals surface area contributed by atoms with Gasteiger partial charge >= 0.3 is 0 Å². The highest BCUT2D eigenvalue weighted by atomic mass is 32.1. The fourth-order valence-corrected chi connectivity index (χ4v) is 8.90. The summed E-state index contributed by atoms with van der Waals surface area (Å²) in [4.78, 5) is 2.37. The maximum atomic E-state index is 2.37. The van der Waals surface area contributed by atoms with E-state index >= 15 is 0 Å². The fourth-order valence-electron chi connectivity index (χ4n) is 7.66. The highest BCUT2D eigenvalue weighted by molar-refractivity contribution is 7.26. The summed E-state index contributed by atoms with van der Waals surface area (Å²) < 4.78 is 2.66. The van der Waals surface area contributed by atoms with Gasteiger partial charge in [0.15, 0.2) is 0 Å². The second-order valence-corrected chi connectivity index (χ2v) is 14.4. The molecule has 0 fully saturated rings. The molecule has 0 saturated heterocycles. The molecule has 0 aliphatic rings. The summed E-state index contributed by atoms with van der Waals surface area (Å²) in [5.41, 5.74) is 10.6. The summed E-state index contributed by atoms with van der Waals surface area (Å²) in [5, 5.41) is 7.75. The van der Waals surface area contributed by atoms with Crippen molar-refractivity contribution in [3.05, 3.63) is 200 Å². The Balaban J connectivity index is 1.05. The van der Waals surface area contributed by atoms with Crippen LogP contribution in [0.2, 0.25) is 0 Å². The van der Waals surface area contributed by atoms with Crippen LogP contribution in [0, 0.1) is 0 Å². The van der Waals surface area contributed by atoms with Gasteiger partial charge in [-0.15, -0.1) is 11.3 Å². The zero-order valence-electron chi connectivity index (χ0n) is 28.4. The van der Waals surface area contributed by atoms with Crippen LogP contribution < -0.4 is 4.90 Å². The summed E-state index contributed by atoms with van der Waals surface area (Å²) in [7, 11) is 0. The smallest absolute Gasteiger partial charge is 0.0467 e. The standard InChI is InChI=1S/C50H33NS/c1-2-10-34(11-3-1)38-13-8-14-43(33-38)51(42-29-24-37(25-30-42)46-17-9-18-48-47-16-6-7-19-49(47)52-50(46)48)41-27-22-35(23-28-41)39-26-31-45-40(32-39)21-20-36-12-4-5-15-44(36)45/h1-33H. The lowest BCUT2D eigenvalue weighted by molar-refractivity contribution is 1.28. The number of nitrogens with zero attached hydrogens (tertiary/aromatic N) is 1. The summed E-state index contributed by atoms with van der Waals surface area (Å²) in [6, 6.07) is 72.9. The molecule has 244 valence electrons. The number of hydrogen-bond acceptors (Lipinski definition) is 2. The Hall–Kier alpha value is -6.48. The highest BCUT2D eigenvalue weighted by Crippen LogP contribution is 2.42. The van der Waals surface area contributed by atoms with E-state index in [9.17, 15) is 0 Å². The number of anilines is 3. The van der Waals surface area contributed by atoms with Crippen molar-refractivity contribution in [1.82, 2.24) is 0 Å². The molecule has 0 unspecified atom stereocenters. The van der Waals surface area contributed by atoms with E-state index < -0.39 is 0 Å². The van der Waals surface area contributed by atoms with Gasteiger partial charge in [0.25, 0.3) is 0 Å². The van der Waals surface area contributed by atoms with Crippen LogP contribution in [0.15, 0.2) is 200 Å². The predicted octanol–water partition coefficient (Wildman–Crippen LogP) is 14.8. The quantitative estimate of drug-likeness (QED) is 0.158. The molecule has 0 amide bonds. The number of hydrogen-bond donors (Lipinski definition) is 0. The van der Waals surface area contributed by atoms with E-state index in [4.69, 9.17) is 0 Å². The van der Waals surface area contributed by atoms with Crippen molar-refractivity contribution in [2.75, 3.05) is 4.90 Å². The molecule has 0 spiro atoms. The van der Waals surface area contributed by atoms with Gasteiger partial charge in [-0.3, -0.25) is 0 Å². The van der Waals surface area contributed by atoms with Gasteiger partial charge in [-0.25, -0.2) is 0 Å². The Morgan fingerprint density at radius 1 is 0.308 bits per heavy atom. The molecule has 0 N–H and O–H groups in total. The Morgan fingerprint density at radius 3 is 1.71 bits per heavy atom. The summed E-state index contributed by atoms with van der Waals surface area (Å²) in [6.45, 7) is 0. The minimum Gasteiger partial charge on any atom is -0.310 e. The first-order valence-electron chi connectivity index (χ1n) is 17.8. The van der Waals surface area contributed by atoms with E-state index in [1.807, 2.05) is 11.3 Å². The number of fused-ring (bicyclic) bond motifs is 6. The van der Waals surface area contributed by atoms with E-state index in [1.54, 1.807) is 0 Å². The number of benzene rings is 9. The zero-order chi connectivity index (χ0) is 34.4. The first-order chi connectivity index (χ1) is 25.8. The van der Waals surface area contributed by atoms with Crippen molar-refractivity contribution >= 4 is 70.1 Å². The normalized spacial score (nSPS) is 11.5. The van der Waals surface area contributed by atoms with Gasteiger partial charge in [0.2, 0.25) is 0 Å². The molecular weight excluding hydrogens is 647 g/mol. The van der Waals surface area contributed by atoms with Gasteiger partial charge in [0, 0.05) is 37.2 Å². The van der Waals surface area contributed by atoms with E-state index in [2.05, 4.69) is 205 Å². The Kier molecular flexibility index (Phi) is 7.41. The average Bonchev–Trinajstić information content (AvgIpc) is 3.61. The molecule has 52 heavy (non-hydrogen) atoms. The van der Waals surface area contributed by atoms with Crippen LogP contribution in [0.5, 0.6) is 0 Å². The van der Waals surface area contributed by atoms with Gasteiger partial charge in [-0.05, 0) is 103 Å². The minimum atomic E-state index is 1.11. The van der Waals surface area contributed by atoms with Crippen LogP contribution in [0.3, 0.4) is 0 Å². The van der Waals surface area contributed by atoms with Crippen molar-refractivity contribution < 1.29 is 0 Å². The summed E-state index contributed by atoms with van der Waals surface area (Å²) in [6.07, 6.45) is 0. The predicted molar refractivity (Wildman–Crippen MR) is 225 cm³/mol. The van der Waals surface area contributed by atoms with Crippen molar-refractivity contribution in [2.24, 2.45) is 0 Å². The molecule has 9 aromatic carbocycles. The van der Waals surface area contributed by atoms with Crippen molar-refractivity contribution in [1.29, 1.82) is 0 Å². The maximum absolute atomic E-state index is 2.37. The van der Waals surface area contributed by atoms with Crippen LogP contribution in [0.25, 0.3) is 75.1 Å². The van der Waals surface area contributed by atoms with Gasteiger partial charge in [-0.2, -0.15) is 0 Å². The molecule has 10 aromatic rings. The molecule has 0 saturated carbocycles. The molecule has 1 heterocycles. The van der Waals surface area contributed by atoms with Crippen molar-refractivity contribution in [2.45, 2.75) is 0 Å². The van der Waals surface area contributed by atoms with Gasteiger partial charge < -0.3 is 4.90 Å². The molecule has 2 heteroatoms. The molecule has 0 aliphatic carbocycles. The Labute approximate surface area is 307 Å². The molecule has 0 atom stereocenters. The van der Waals surface area contributed by atoms with E-state index in [1.165, 1.54) is 75.1 Å². The molecule has 1 nitrogen and oxygen atoms in total. The van der Waals surface area contributed by atoms with Gasteiger partial charge in [-0.1, -0.05) is 152 Å². The largest absolute Gasteiger partial charge is 0.310 e. The summed E-state index contributed by atoms with van der Waals surface area (Å²) >= 11 is 1.88. The molecule has 10 rings (SSSR count). The first-order valence-corrected chi connectivity index (χ1v) is 18.6. The third-order valence-corrected chi connectivity index (χ3v) is 11.5. The van der Waals surface area contributed by atoms with E-state index in [0.29, 0.717) is 0 Å². The highest BCUT2D eigenvalue weighted by Gasteiger charge is 2.16. The SMILES string of the molecule is c1ccc(-c2cccc(N(c3ccc(-c4ccc5c(ccc6ccccc65)c4)cc3)c3ccc(-c4cccc5c4sc4ccccc45)cc3)c2)cc1. The molecule has 0 aliphatic heterocycles. The molecule has 0 radical (unpaired) electrons. The van der Waals surface area contributed by atoms with Gasteiger partial charge in [0.05, 0.1) is 0 Å². The van der Waals surface area contributed by atoms with Crippen LogP contribution in [-0.4, -0.2) is 0 Å². The Bertz CT molecular complexity index is 2890. The second-order valence-electron chi connectivity index (χ2n) is 13.3. The third kappa shape index (κ3) is 5.33. The topological polar surface area (TPSA) is 3.24 Å². The lowest BCUT2D eigenvalue weighted by Crippen LogP contribution is -2.10. The molecular formula is C50H33NS. The first kappa shape index (κ1) is 30.4. The number of rotatable bonds is 6. The average molecular weight is 680 g/mol. The van der Waals surface area contributed by atoms with Crippen LogP contribution in [0.4, 0.5) is 17.1 Å². The maximum Gasteiger partial charge on any atom is 0.0467 e. The lowest BCUT2D eigenvalue weighted by atomic mass is 9.97. The third-order valence-electron chi connectivity index (χ3n) is 10.3. The van der Waals surface area contributed by atoms with E-state index in [-0.39, 0.29) is 0 Å². The monoisotopic (exact) mass is 679 g/mol. The molecule has 0 bridgehead atoms. The molecule has 1 aromatic heterocycles. The number of thiophene rings is 1. The van der Waals surface area contributed by atoms with Crippen molar-refractivity contribution in [3.8, 4) is 33.4 Å². The van der Waals surface area contributed by atoms with Crippen LogP contribution in [-0.2, 0) is 0 Å². The zero-order valence-corrected chi connectivity index (χ0v) is 29.2. The fraction of sp³-hybridized carbons (Fsp3) is 0. The second kappa shape index (κ2) is 12.7. The van der Waals surface area contributed by atoms with Crippen LogP contribution >= 0.6 is 11.3 Å². The summed E-state index contributed by atoms with van der Waals surface area (Å²) in [5.74, 6) is 0. The van der Waals surface area contributed by atoms with Crippen molar-refractivity contribution in [3.63, 3.8) is 0 Å². The lowest BCUT2D eigenvalue weighted by Gasteiger charge is -2.26. The van der Waals surface area contributed by atoms with Crippen LogP contribution in [0.1, 0.15) is 0 Å².